The molecule has 1 fully saturated rings. The molecule has 1 aromatic rings. The van der Waals surface area contributed by atoms with E-state index in [9.17, 15) is 9.90 Å². The largest absolute Gasteiger partial charge is 0.388 e. The van der Waals surface area contributed by atoms with E-state index in [4.69, 9.17) is 0 Å². The number of aromatic nitrogens is 2. The van der Waals surface area contributed by atoms with Crippen molar-refractivity contribution in [1.29, 1.82) is 0 Å². The van der Waals surface area contributed by atoms with Gasteiger partial charge in [-0.1, -0.05) is 19.3 Å². The molecular formula is C14H23N3O2. The van der Waals surface area contributed by atoms with Crippen molar-refractivity contribution in [2.75, 3.05) is 6.54 Å². The number of nitrogens with zero attached hydrogens (tertiary/aromatic N) is 2. The van der Waals surface area contributed by atoms with E-state index in [2.05, 4.69) is 10.4 Å². The Balaban J connectivity index is 1.97. The van der Waals surface area contributed by atoms with E-state index in [1.165, 1.54) is 6.42 Å². The molecule has 1 aromatic heterocycles. The van der Waals surface area contributed by atoms with Crippen molar-refractivity contribution < 1.29 is 9.90 Å². The van der Waals surface area contributed by atoms with Crippen molar-refractivity contribution in [3.63, 3.8) is 0 Å². The molecule has 1 aliphatic rings. The van der Waals surface area contributed by atoms with E-state index < -0.39 is 5.60 Å². The number of carbonyl (C=O) groups is 1. The molecule has 0 aliphatic heterocycles. The number of hydrogen-bond donors (Lipinski definition) is 2. The highest BCUT2D eigenvalue weighted by Gasteiger charge is 2.29. The van der Waals surface area contributed by atoms with Gasteiger partial charge in [0.2, 0.25) is 0 Å². The fraction of sp³-hybridized carbons (Fsp3) is 0.714. The van der Waals surface area contributed by atoms with Gasteiger partial charge in [0.25, 0.3) is 5.91 Å². The third-order valence-corrected chi connectivity index (χ3v) is 3.80. The maximum absolute atomic E-state index is 12.1. The van der Waals surface area contributed by atoms with Gasteiger partial charge in [0, 0.05) is 13.1 Å². The maximum atomic E-state index is 12.1. The third kappa shape index (κ3) is 3.35. The van der Waals surface area contributed by atoms with Crippen LogP contribution in [0, 0.1) is 6.92 Å². The summed E-state index contributed by atoms with van der Waals surface area (Å²) in [6.07, 6.45) is 4.81. The van der Waals surface area contributed by atoms with Gasteiger partial charge in [-0.15, -0.1) is 0 Å². The van der Waals surface area contributed by atoms with Crippen molar-refractivity contribution in [3.8, 4) is 0 Å². The summed E-state index contributed by atoms with van der Waals surface area (Å²) < 4.78 is 1.69. The maximum Gasteiger partial charge on any atom is 0.269 e. The predicted octanol–water partition coefficient (Wildman–Crippen LogP) is 1.64. The van der Waals surface area contributed by atoms with E-state index in [-0.39, 0.29) is 5.91 Å². The van der Waals surface area contributed by atoms with Crippen LogP contribution in [-0.4, -0.2) is 32.9 Å². The molecule has 1 aliphatic carbocycles. The van der Waals surface area contributed by atoms with Crippen LogP contribution in [0.1, 0.15) is 55.2 Å². The van der Waals surface area contributed by atoms with E-state index in [0.717, 1.165) is 31.4 Å². The number of amides is 1. The monoisotopic (exact) mass is 265 g/mol. The minimum absolute atomic E-state index is 0.151. The number of carbonyl (C=O) groups excluding carboxylic acids is 1. The normalized spacial score (nSPS) is 18.3. The first kappa shape index (κ1) is 14.1. The predicted molar refractivity (Wildman–Crippen MR) is 73.0 cm³/mol. The number of hydrogen-bond acceptors (Lipinski definition) is 3. The summed E-state index contributed by atoms with van der Waals surface area (Å²) in [4.78, 5) is 12.1. The van der Waals surface area contributed by atoms with E-state index in [1.807, 2.05) is 13.8 Å². The van der Waals surface area contributed by atoms with Crippen LogP contribution < -0.4 is 5.32 Å². The Bertz CT molecular complexity index is 448. The van der Waals surface area contributed by atoms with Crippen molar-refractivity contribution in [2.45, 2.75) is 58.1 Å². The van der Waals surface area contributed by atoms with E-state index >= 15 is 0 Å². The topological polar surface area (TPSA) is 67.2 Å². The fourth-order valence-corrected chi connectivity index (χ4v) is 2.69. The first-order valence-corrected chi connectivity index (χ1v) is 7.09. The van der Waals surface area contributed by atoms with Gasteiger partial charge < -0.3 is 10.4 Å². The van der Waals surface area contributed by atoms with Crippen molar-refractivity contribution >= 4 is 5.91 Å². The minimum Gasteiger partial charge on any atom is -0.388 e. The van der Waals surface area contributed by atoms with Crippen LogP contribution in [0.15, 0.2) is 6.07 Å². The van der Waals surface area contributed by atoms with E-state index in [1.54, 1.807) is 10.7 Å². The van der Waals surface area contributed by atoms with Crippen LogP contribution >= 0.6 is 0 Å². The van der Waals surface area contributed by atoms with Gasteiger partial charge in [0.1, 0.15) is 5.69 Å². The van der Waals surface area contributed by atoms with Crippen LogP contribution in [-0.2, 0) is 6.54 Å². The third-order valence-electron chi connectivity index (χ3n) is 3.80. The first-order chi connectivity index (χ1) is 9.04. The fourth-order valence-electron chi connectivity index (χ4n) is 2.69. The van der Waals surface area contributed by atoms with Gasteiger partial charge in [-0.2, -0.15) is 5.10 Å². The average Bonchev–Trinajstić information content (AvgIpc) is 2.78. The Morgan fingerprint density at radius 2 is 2.16 bits per heavy atom. The molecule has 106 valence electrons. The Morgan fingerprint density at radius 3 is 2.79 bits per heavy atom. The molecule has 1 amide bonds. The molecule has 2 N–H and O–H groups in total. The quantitative estimate of drug-likeness (QED) is 0.869. The zero-order valence-electron chi connectivity index (χ0n) is 11.8. The molecule has 1 heterocycles. The second-order valence-corrected chi connectivity index (χ2v) is 5.45. The van der Waals surface area contributed by atoms with Crippen molar-refractivity contribution in [1.82, 2.24) is 15.1 Å². The highest BCUT2D eigenvalue weighted by Crippen LogP contribution is 2.27. The summed E-state index contributed by atoms with van der Waals surface area (Å²) in [5.74, 6) is -0.151. The molecule has 2 rings (SSSR count). The summed E-state index contributed by atoms with van der Waals surface area (Å²) >= 11 is 0. The molecule has 0 unspecified atom stereocenters. The highest BCUT2D eigenvalue weighted by atomic mass is 16.3. The van der Waals surface area contributed by atoms with Crippen LogP contribution in [0.4, 0.5) is 0 Å². The summed E-state index contributed by atoms with van der Waals surface area (Å²) in [5, 5.41) is 17.5. The van der Waals surface area contributed by atoms with Gasteiger partial charge in [-0.3, -0.25) is 9.48 Å². The molecule has 0 atom stereocenters. The second kappa shape index (κ2) is 5.74. The molecule has 0 bridgehead atoms. The van der Waals surface area contributed by atoms with Gasteiger partial charge in [0.15, 0.2) is 0 Å². The minimum atomic E-state index is -0.722. The molecule has 0 aromatic carbocycles. The van der Waals surface area contributed by atoms with Crippen molar-refractivity contribution in [3.05, 3.63) is 17.5 Å². The molecule has 5 nitrogen and oxygen atoms in total. The summed E-state index contributed by atoms with van der Waals surface area (Å²) in [6.45, 7) is 4.83. The van der Waals surface area contributed by atoms with Crippen LogP contribution in [0.2, 0.25) is 0 Å². The molecule has 19 heavy (non-hydrogen) atoms. The van der Waals surface area contributed by atoms with Crippen LogP contribution in [0.3, 0.4) is 0 Å². The summed E-state index contributed by atoms with van der Waals surface area (Å²) in [5.41, 5.74) is 0.683. The summed E-state index contributed by atoms with van der Waals surface area (Å²) in [7, 11) is 0. The number of aryl methyl sites for hydroxylation is 2. The van der Waals surface area contributed by atoms with Crippen molar-refractivity contribution in [2.24, 2.45) is 0 Å². The SMILES string of the molecule is CCn1nc(C)cc1C(=O)NCC1(O)CCCCC1. The number of rotatable bonds is 4. The van der Waals surface area contributed by atoms with Gasteiger partial charge in [-0.05, 0) is 32.8 Å². The Hall–Kier alpha value is -1.36. The van der Waals surface area contributed by atoms with Gasteiger partial charge in [0.05, 0.1) is 11.3 Å². The number of aliphatic hydroxyl groups is 1. The Morgan fingerprint density at radius 1 is 1.47 bits per heavy atom. The zero-order valence-corrected chi connectivity index (χ0v) is 11.8. The molecule has 5 heteroatoms. The number of nitrogens with one attached hydrogen (secondary N) is 1. The molecule has 0 radical (unpaired) electrons. The average molecular weight is 265 g/mol. The van der Waals surface area contributed by atoms with Crippen LogP contribution in [0.25, 0.3) is 0 Å². The van der Waals surface area contributed by atoms with Gasteiger partial charge in [-0.25, -0.2) is 0 Å². The zero-order chi connectivity index (χ0) is 13.9. The van der Waals surface area contributed by atoms with Crippen LogP contribution in [0.5, 0.6) is 0 Å². The lowest BCUT2D eigenvalue weighted by molar-refractivity contribution is 0.00516. The standard InChI is InChI=1S/C14H23N3O2/c1-3-17-12(9-11(2)16-17)13(18)15-10-14(19)7-5-4-6-8-14/h9,19H,3-8,10H2,1-2H3,(H,15,18). The van der Waals surface area contributed by atoms with E-state index in [0.29, 0.717) is 18.8 Å². The molecule has 1 saturated carbocycles. The lowest BCUT2D eigenvalue weighted by Gasteiger charge is -2.32. The summed E-state index contributed by atoms with van der Waals surface area (Å²) in [6, 6.07) is 1.78. The van der Waals surface area contributed by atoms with Gasteiger partial charge >= 0.3 is 0 Å². The molecule has 0 spiro atoms. The molecular weight excluding hydrogens is 242 g/mol. The highest BCUT2D eigenvalue weighted by molar-refractivity contribution is 5.92. The lowest BCUT2D eigenvalue weighted by Crippen LogP contribution is -2.44. The first-order valence-electron chi connectivity index (χ1n) is 7.09. The molecule has 0 saturated heterocycles. The Labute approximate surface area is 114 Å². The Kier molecular flexibility index (Phi) is 4.24. The lowest BCUT2D eigenvalue weighted by atomic mass is 9.85. The smallest absolute Gasteiger partial charge is 0.269 e. The second-order valence-electron chi connectivity index (χ2n) is 5.45.